The van der Waals surface area contributed by atoms with Crippen molar-refractivity contribution in [1.29, 1.82) is 0 Å². The summed E-state index contributed by atoms with van der Waals surface area (Å²) < 4.78 is 22.1. The minimum Gasteiger partial charge on any atom is -0.497 e. The molecule has 2 heterocycles. The van der Waals surface area contributed by atoms with Crippen molar-refractivity contribution in [1.82, 2.24) is 9.91 Å². The first-order valence-corrected chi connectivity index (χ1v) is 12.7. The average Bonchev–Trinajstić information content (AvgIpc) is 3.41. The molecule has 0 aromatic heterocycles. The minimum atomic E-state index is -0.331. The van der Waals surface area contributed by atoms with Crippen LogP contribution in [0.3, 0.4) is 0 Å². The zero-order chi connectivity index (χ0) is 26.6. The van der Waals surface area contributed by atoms with Gasteiger partial charge in [-0.2, -0.15) is 5.10 Å². The fourth-order valence-electron chi connectivity index (χ4n) is 5.23. The Labute approximate surface area is 223 Å². The van der Waals surface area contributed by atoms with Gasteiger partial charge in [0.25, 0.3) is 5.91 Å². The number of rotatable bonds is 8. The van der Waals surface area contributed by atoms with E-state index in [-0.39, 0.29) is 18.5 Å². The van der Waals surface area contributed by atoms with E-state index in [9.17, 15) is 4.79 Å². The molecule has 0 bridgehead atoms. The SMILES string of the molecule is COc1ccc(C2=NN(C(=O)CN3CCc4ccccc4C3)[C@H](c3ccc(OC)cc3OC)C2)c(OC)c1. The Hall–Kier alpha value is -4.04. The monoisotopic (exact) mass is 515 g/mol. The number of amides is 1. The number of methoxy groups -OCH3 is 4. The highest BCUT2D eigenvalue weighted by molar-refractivity contribution is 6.05. The molecule has 0 spiro atoms. The van der Waals surface area contributed by atoms with Crippen LogP contribution in [0.4, 0.5) is 0 Å². The minimum absolute atomic E-state index is 0.0604. The van der Waals surface area contributed by atoms with Gasteiger partial charge in [-0.15, -0.1) is 0 Å². The van der Waals surface area contributed by atoms with Crippen LogP contribution in [0.5, 0.6) is 23.0 Å². The Balaban J connectivity index is 1.47. The van der Waals surface area contributed by atoms with Crippen LogP contribution in [0.2, 0.25) is 0 Å². The summed E-state index contributed by atoms with van der Waals surface area (Å²) in [5.74, 6) is 2.61. The van der Waals surface area contributed by atoms with Gasteiger partial charge in [-0.3, -0.25) is 9.69 Å². The van der Waals surface area contributed by atoms with Gasteiger partial charge in [-0.1, -0.05) is 24.3 Å². The zero-order valence-electron chi connectivity index (χ0n) is 22.3. The van der Waals surface area contributed by atoms with Gasteiger partial charge >= 0.3 is 0 Å². The third kappa shape index (κ3) is 5.04. The number of carbonyl (C=O) groups excluding carboxylic acids is 1. The van der Waals surface area contributed by atoms with Crippen molar-refractivity contribution in [3.05, 3.63) is 82.9 Å². The molecule has 0 aliphatic carbocycles. The van der Waals surface area contributed by atoms with Crippen LogP contribution in [0.25, 0.3) is 0 Å². The van der Waals surface area contributed by atoms with E-state index >= 15 is 0 Å². The van der Waals surface area contributed by atoms with Gasteiger partial charge in [0.05, 0.1) is 46.7 Å². The summed E-state index contributed by atoms with van der Waals surface area (Å²) in [6, 6.07) is 19.4. The first kappa shape index (κ1) is 25.6. The second kappa shape index (κ2) is 11.1. The molecular weight excluding hydrogens is 482 g/mol. The van der Waals surface area contributed by atoms with Crippen molar-refractivity contribution >= 4 is 11.6 Å². The van der Waals surface area contributed by atoms with E-state index in [4.69, 9.17) is 24.0 Å². The van der Waals surface area contributed by atoms with Gasteiger partial charge < -0.3 is 18.9 Å². The number of hydrogen-bond donors (Lipinski definition) is 0. The van der Waals surface area contributed by atoms with Crippen molar-refractivity contribution in [3.8, 4) is 23.0 Å². The maximum atomic E-state index is 13.8. The average molecular weight is 516 g/mol. The molecule has 198 valence electrons. The Bertz CT molecular complexity index is 1360. The number of carbonyl (C=O) groups is 1. The van der Waals surface area contributed by atoms with Crippen molar-refractivity contribution in [3.63, 3.8) is 0 Å². The molecule has 0 radical (unpaired) electrons. The summed E-state index contributed by atoms with van der Waals surface area (Å²) >= 11 is 0. The molecule has 3 aromatic carbocycles. The van der Waals surface area contributed by atoms with E-state index in [0.717, 1.165) is 36.3 Å². The Morgan fingerprint density at radius 3 is 2.26 bits per heavy atom. The second-order valence-corrected chi connectivity index (χ2v) is 9.41. The van der Waals surface area contributed by atoms with Crippen molar-refractivity contribution in [2.24, 2.45) is 5.10 Å². The summed E-state index contributed by atoms with van der Waals surface area (Å²) in [4.78, 5) is 16.0. The molecule has 0 saturated carbocycles. The van der Waals surface area contributed by atoms with Gasteiger partial charge in [0.2, 0.25) is 0 Å². The van der Waals surface area contributed by atoms with Gasteiger partial charge in [0, 0.05) is 42.8 Å². The summed E-state index contributed by atoms with van der Waals surface area (Å²) in [5.41, 5.74) is 5.09. The predicted molar refractivity (Wildman–Crippen MR) is 145 cm³/mol. The molecule has 0 saturated heterocycles. The lowest BCUT2D eigenvalue weighted by Crippen LogP contribution is -2.40. The molecule has 8 heteroatoms. The van der Waals surface area contributed by atoms with E-state index in [2.05, 4.69) is 29.2 Å². The Morgan fingerprint density at radius 1 is 0.868 bits per heavy atom. The van der Waals surface area contributed by atoms with Crippen LogP contribution >= 0.6 is 0 Å². The Kier molecular flexibility index (Phi) is 7.51. The van der Waals surface area contributed by atoms with E-state index in [1.807, 2.05) is 36.4 Å². The number of nitrogens with zero attached hydrogens (tertiary/aromatic N) is 3. The van der Waals surface area contributed by atoms with Gasteiger partial charge in [-0.25, -0.2) is 5.01 Å². The normalized spacial score (nSPS) is 17.0. The topological polar surface area (TPSA) is 72.8 Å². The summed E-state index contributed by atoms with van der Waals surface area (Å²) in [7, 11) is 6.48. The zero-order valence-corrected chi connectivity index (χ0v) is 22.3. The standard InChI is InChI=1S/C30H33N3O5/c1-35-22-9-11-24(28(15-22)37-3)26-17-27(25-12-10-23(36-2)16-29(25)38-4)33(31-26)30(34)19-32-14-13-20-7-5-6-8-21(20)18-32/h5-12,15-16,27H,13-14,17-19H2,1-4H3/t27-/m0/s1. The number of hydrogen-bond acceptors (Lipinski definition) is 7. The predicted octanol–water partition coefficient (Wildman–Crippen LogP) is 4.46. The molecule has 3 aromatic rings. The first-order valence-electron chi connectivity index (χ1n) is 12.7. The molecule has 0 fully saturated rings. The van der Waals surface area contributed by atoms with Crippen LogP contribution in [-0.4, -0.2) is 63.1 Å². The highest BCUT2D eigenvalue weighted by atomic mass is 16.5. The first-order chi connectivity index (χ1) is 18.5. The van der Waals surface area contributed by atoms with E-state index < -0.39 is 0 Å². The largest absolute Gasteiger partial charge is 0.497 e. The van der Waals surface area contributed by atoms with E-state index in [1.54, 1.807) is 33.4 Å². The van der Waals surface area contributed by atoms with Gasteiger partial charge in [-0.05, 0) is 41.8 Å². The Morgan fingerprint density at radius 2 is 1.55 bits per heavy atom. The maximum absolute atomic E-state index is 13.8. The molecule has 5 rings (SSSR count). The second-order valence-electron chi connectivity index (χ2n) is 9.41. The quantitative estimate of drug-likeness (QED) is 0.441. The highest BCUT2D eigenvalue weighted by Gasteiger charge is 2.36. The molecule has 1 amide bonds. The lowest BCUT2D eigenvalue weighted by molar-refractivity contribution is -0.134. The van der Waals surface area contributed by atoms with E-state index in [1.165, 1.54) is 11.1 Å². The fraction of sp³-hybridized carbons (Fsp3) is 0.333. The van der Waals surface area contributed by atoms with Gasteiger partial charge in [0.15, 0.2) is 0 Å². The van der Waals surface area contributed by atoms with Crippen molar-refractivity contribution in [2.75, 3.05) is 41.5 Å². The maximum Gasteiger partial charge on any atom is 0.257 e. The third-order valence-corrected chi connectivity index (χ3v) is 7.25. The number of hydrazone groups is 1. The van der Waals surface area contributed by atoms with Crippen molar-refractivity contribution in [2.45, 2.75) is 25.4 Å². The molecule has 38 heavy (non-hydrogen) atoms. The molecule has 0 unspecified atom stereocenters. The van der Waals surface area contributed by atoms with E-state index in [0.29, 0.717) is 29.4 Å². The molecular formula is C30H33N3O5. The van der Waals surface area contributed by atoms with Crippen LogP contribution in [-0.2, 0) is 17.8 Å². The molecule has 1 atom stereocenters. The summed E-state index contributed by atoms with van der Waals surface area (Å²) in [6.07, 6.45) is 1.44. The number of ether oxygens (including phenoxy) is 4. The van der Waals surface area contributed by atoms with Crippen LogP contribution in [0.1, 0.15) is 34.7 Å². The fourth-order valence-corrected chi connectivity index (χ4v) is 5.23. The molecule has 0 N–H and O–H groups in total. The highest BCUT2D eigenvalue weighted by Crippen LogP contribution is 2.40. The smallest absolute Gasteiger partial charge is 0.257 e. The van der Waals surface area contributed by atoms with Crippen LogP contribution < -0.4 is 18.9 Å². The van der Waals surface area contributed by atoms with Gasteiger partial charge in [0.1, 0.15) is 23.0 Å². The summed E-state index contributed by atoms with van der Waals surface area (Å²) in [5, 5.41) is 6.49. The van der Waals surface area contributed by atoms with Crippen LogP contribution in [0.15, 0.2) is 65.8 Å². The number of fused-ring (bicyclic) bond motifs is 1. The van der Waals surface area contributed by atoms with Crippen molar-refractivity contribution < 1.29 is 23.7 Å². The number of benzene rings is 3. The lowest BCUT2D eigenvalue weighted by atomic mass is 9.96. The lowest BCUT2D eigenvalue weighted by Gasteiger charge is -2.30. The van der Waals surface area contributed by atoms with Crippen LogP contribution in [0, 0.1) is 0 Å². The third-order valence-electron chi connectivity index (χ3n) is 7.25. The molecule has 2 aliphatic heterocycles. The molecule has 2 aliphatic rings. The summed E-state index contributed by atoms with van der Waals surface area (Å²) in [6.45, 7) is 1.85. The molecule has 8 nitrogen and oxygen atoms in total.